The van der Waals surface area contributed by atoms with E-state index in [0.717, 1.165) is 6.92 Å². The maximum absolute atomic E-state index is 11.1. The minimum atomic E-state index is -4.93. The second-order valence-electron chi connectivity index (χ2n) is 2.79. The topological polar surface area (TPSA) is 141 Å². The van der Waals surface area contributed by atoms with E-state index in [4.69, 9.17) is 19.9 Å². The van der Waals surface area contributed by atoms with Gasteiger partial charge in [0.1, 0.15) is 6.10 Å². The van der Waals surface area contributed by atoms with Gasteiger partial charge in [-0.1, -0.05) is 0 Å². The zero-order valence-corrected chi connectivity index (χ0v) is 8.59. The van der Waals surface area contributed by atoms with Crippen LogP contribution < -0.4 is 0 Å². The third-order valence-electron chi connectivity index (χ3n) is 1.45. The number of aliphatic hydroxyl groups is 3. The van der Waals surface area contributed by atoms with E-state index in [0.29, 0.717) is 0 Å². The van der Waals surface area contributed by atoms with Gasteiger partial charge < -0.3 is 15.3 Å². The molecule has 0 spiro atoms. The van der Waals surface area contributed by atoms with Crippen LogP contribution >= 0.6 is 0 Å². The molecule has 0 bridgehead atoms. The van der Waals surface area contributed by atoms with Crippen molar-refractivity contribution in [2.24, 2.45) is 0 Å². The van der Waals surface area contributed by atoms with Crippen LogP contribution in [0.2, 0.25) is 0 Å². The molecule has 0 radical (unpaired) electrons. The van der Waals surface area contributed by atoms with E-state index in [1.807, 2.05) is 0 Å². The summed E-state index contributed by atoms with van der Waals surface area (Å²) in [5, 5.41) is 26.3. The number of hydrogen-bond acceptors (Lipinski definition) is 7. The van der Waals surface area contributed by atoms with E-state index >= 15 is 0 Å². The standard InChI is InChI=1S/C6H12O8S/c1-3(8)6(14-15(11,12)13)5(10)4(9)2-7/h3-4,6-9H,2H2,1H3,(H,11,12,13)/t3-,4+,6+/m0/s1. The molecule has 0 saturated carbocycles. The molecule has 0 aromatic rings. The van der Waals surface area contributed by atoms with Crippen molar-refractivity contribution in [2.75, 3.05) is 6.61 Å². The highest BCUT2D eigenvalue weighted by molar-refractivity contribution is 7.80. The molecular formula is C6H12O8S. The Bertz CT molecular complexity index is 307. The van der Waals surface area contributed by atoms with Gasteiger partial charge >= 0.3 is 10.4 Å². The van der Waals surface area contributed by atoms with Crippen LogP contribution in [0.15, 0.2) is 0 Å². The minimum Gasteiger partial charge on any atom is -0.393 e. The first kappa shape index (κ1) is 14.4. The molecule has 3 atom stereocenters. The molecule has 8 nitrogen and oxygen atoms in total. The summed E-state index contributed by atoms with van der Waals surface area (Å²) >= 11 is 0. The Kier molecular flexibility index (Phi) is 5.28. The van der Waals surface area contributed by atoms with Crippen molar-refractivity contribution >= 4 is 16.2 Å². The Hall–Kier alpha value is -0.580. The highest BCUT2D eigenvalue weighted by Crippen LogP contribution is 2.07. The van der Waals surface area contributed by atoms with Crippen molar-refractivity contribution in [1.82, 2.24) is 0 Å². The second-order valence-corrected chi connectivity index (χ2v) is 3.83. The van der Waals surface area contributed by atoms with Gasteiger partial charge in [-0.05, 0) is 6.92 Å². The molecule has 0 aromatic carbocycles. The lowest BCUT2D eigenvalue weighted by Gasteiger charge is -2.18. The summed E-state index contributed by atoms with van der Waals surface area (Å²) in [4.78, 5) is 11.1. The van der Waals surface area contributed by atoms with Crippen molar-refractivity contribution in [1.29, 1.82) is 0 Å². The fourth-order valence-corrected chi connectivity index (χ4v) is 1.29. The lowest BCUT2D eigenvalue weighted by Crippen LogP contribution is -2.43. The molecule has 0 saturated heterocycles. The summed E-state index contributed by atoms with van der Waals surface area (Å²) in [6.07, 6.45) is -5.41. The fourth-order valence-electron chi connectivity index (χ4n) is 0.776. The van der Waals surface area contributed by atoms with Gasteiger partial charge in [0.2, 0.25) is 0 Å². The maximum Gasteiger partial charge on any atom is 0.398 e. The number of aliphatic hydroxyl groups excluding tert-OH is 3. The minimum absolute atomic E-state index is 0.948. The van der Waals surface area contributed by atoms with Crippen LogP contribution in [-0.2, 0) is 19.4 Å². The van der Waals surface area contributed by atoms with Gasteiger partial charge in [0, 0.05) is 0 Å². The Balaban J connectivity index is 4.76. The lowest BCUT2D eigenvalue weighted by atomic mass is 10.1. The molecule has 90 valence electrons. The first-order valence-electron chi connectivity index (χ1n) is 3.85. The highest BCUT2D eigenvalue weighted by Gasteiger charge is 2.33. The predicted molar refractivity (Wildman–Crippen MR) is 46.2 cm³/mol. The molecule has 0 rings (SSSR count). The average Bonchev–Trinajstić information content (AvgIpc) is 2.10. The molecule has 0 aliphatic heterocycles. The molecule has 0 amide bonds. The largest absolute Gasteiger partial charge is 0.398 e. The van der Waals surface area contributed by atoms with Crippen LogP contribution in [0.5, 0.6) is 0 Å². The van der Waals surface area contributed by atoms with Gasteiger partial charge in [0.25, 0.3) is 0 Å². The molecule has 4 N–H and O–H groups in total. The fraction of sp³-hybridized carbons (Fsp3) is 0.833. The first-order chi connectivity index (χ1) is 6.69. The summed E-state index contributed by atoms with van der Waals surface area (Å²) in [7, 11) is -4.93. The summed E-state index contributed by atoms with van der Waals surface area (Å²) in [5.41, 5.74) is 0. The summed E-state index contributed by atoms with van der Waals surface area (Å²) in [6.45, 7) is 0.0781. The first-order valence-corrected chi connectivity index (χ1v) is 5.22. The van der Waals surface area contributed by atoms with Crippen LogP contribution in [0.4, 0.5) is 0 Å². The second kappa shape index (κ2) is 5.49. The number of rotatable bonds is 6. The Morgan fingerprint density at radius 1 is 1.40 bits per heavy atom. The van der Waals surface area contributed by atoms with Gasteiger partial charge in [-0.3, -0.25) is 9.35 Å². The normalized spacial score (nSPS) is 18.2. The average molecular weight is 244 g/mol. The summed E-state index contributed by atoms with van der Waals surface area (Å²) in [5.74, 6) is -1.25. The number of Topliss-reactive ketones (excluding diaryl/α,β-unsaturated/α-hetero) is 1. The number of carbonyl (C=O) groups excluding carboxylic acids is 1. The smallest absolute Gasteiger partial charge is 0.393 e. The quantitative estimate of drug-likeness (QED) is 0.375. The van der Waals surface area contributed by atoms with Gasteiger partial charge in [0.05, 0.1) is 12.7 Å². The van der Waals surface area contributed by atoms with Gasteiger partial charge in [0.15, 0.2) is 11.9 Å². The van der Waals surface area contributed by atoms with E-state index in [1.165, 1.54) is 0 Å². The van der Waals surface area contributed by atoms with E-state index in [2.05, 4.69) is 4.18 Å². The molecule has 9 heteroatoms. The Morgan fingerprint density at radius 3 is 2.13 bits per heavy atom. The van der Waals surface area contributed by atoms with E-state index in [1.54, 1.807) is 0 Å². The maximum atomic E-state index is 11.1. The van der Waals surface area contributed by atoms with Crippen molar-refractivity contribution in [2.45, 2.75) is 25.2 Å². The SMILES string of the molecule is C[C@H](O)[C@@H](OS(=O)(=O)O)C(=O)[C@H](O)CO. The van der Waals surface area contributed by atoms with Crippen LogP contribution in [0.25, 0.3) is 0 Å². The van der Waals surface area contributed by atoms with Crippen LogP contribution in [0.1, 0.15) is 6.92 Å². The molecule has 0 heterocycles. The van der Waals surface area contributed by atoms with Crippen LogP contribution in [-0.4, -0.2) is 59.0 Å². The lowest BCUT2D eigenvalue weighted by molar-refractivity contribution is -0.140. The van der Waals surface area contributed by atoms with E-state index in [9.17, 15) is 13.2 Å². The number of carbonyl (C=O) groups is 1. The molecule has 0 aliphatic carbocycles. The third kappa shape index (κ3) is 5.16. The van der Waals surface area contributed by atoms with Gasteiger partial charge in [-0.15, -0.1) is 0 Å². The zero-order chi connectivity index (χ0) is 12.2. The van der Waals surface area contributed by atoms with Gasteiger partial charge in [-0.25, -0.2) is 4.18 Å². The number of ketones is 1. The number of hydrogen-bond donors (Lipinski definition) is 4. The summed E-state index contributed by atoms with van der Waals surface area (Å²) in [6, 6.07) is 0. The Morgan fingerprint density at radius 2 is 1.87 bits per heavy atom. The molecule has 0 aromatic heterocycles. The molecular weight excluding hydrogens is 232 g/mol. The van der Waals surface area contributed by atoms with Crippen LogP contribution in [0, 0.1) is 0 Å². The zero-order valence-electron chi connectivity index (χ0n) is 7.77. The van der Waals surface area contributed by atoms with Crippen molar-refractivity contribution in [3.63, 3.8) is 0 Å². The molecule has 0 fully saturated rings. The monoisotopic (exact) mass is 244 g/mol. The molecule has 0 unspecified atom stereocenters. The third-order valence-corrected chi connectivity index (χ3v) is 1.90. The summed E-state index contributed by atoms with van der Waals surface area (Å²) < 4.78 is 32.7. The highest BCUT2D eigenvalue weighted by atomic mass is 32.3. The van der Waals surface area contributed by atoms with Crippen molar-refractivity contribution in [3.8, 4) is 0 Å². The van der Waals surface area contributed by atoms with Crippen LogP contribution in [0.3, 0.4) is 0 Å². The van der Waals surface area contributed by atoms with Crippen molar-refractivity contribution < 1.29 is 37.3 Å². The van der Waals surface area contributed by atoms with E-state index < -0.39 is 41.1 Å². The van der Waals surface area contributed by atoms with Crippen molar-refractivity contribution in [3.05, 3.63) is 0 Å². The van der Waals surface area contributed by atoms with Gasteiger partial charge in [-0.2, -0.15) is 8.42 Å². The Labute approximate surface area is 86.1 Å². The van der Waals surface area contributed by atoms with E-state index in [-0.39, 0.29) is 0 Å². The predicted octanol–water partition coefficient (Wildman–Crippen LogP) is -2.52. The molecule has 15 heavy (non-hydrogen) atoms. The molecule has 0 aliphatic rings.